The predicted octanol–water partition coefficient (Wildman–Crippen LogP) is -0.826. The first kappa shape index (κ1) is 10.6. The number of imide groups is 1. The Morgan fingerprint density at radius 2 is 2.08 bits per heavy atom. The van der Waals surface area contributed by atoms with Crippen LogP contribution in [0.25, 0.3) is 0 Å². The maximum Gasteiger partial charge on any atom is 0.226 e. The quantitative estimate of drug-likeness (QED) is 0.514. The molecular weight excluding hydrogens is 160 g/mol. The molecule has 12 heavy (non-hydrogen) atoms. The Morgan fingerprint density at radius 1 is 1.42 bits per heavy atom. The van der Waals surface area contributed by atoms with Gasteiger partial charge in [-0.3, -0.25) is 19.7 Å². The molecule has 0 aromatic carbocycles. The molecule has 0 fully saturated rings. The van der Waals surface area contributed by atoms with Crippen molar-refractivity contribution in [1.82, 2.24) is 10.6 Å². The lowest BCUT2D eigenvalue weighted by molar-refractivity contribution is -0.125. The third-order valence-corrected chi connectivity index (χ3v) is 1.38. The van der Waals surface area contributed by atoms with Crippen LogP contribution in [-0.2, 0) is 14.4 Å². The van der Waals surface area contributed by atoms with Gasteiger partial charge in [-0.05, 0) is 13.3 Å². The topological polar surface area (TPSA) is 75.3 Å². The molecule has 0 aromatic rings. The van der Waals surface area contributed by atoms with Gasteiger partial charge < -0.3 is 5.32 Å². The molecule has 68 valence electrons. The van der Waals surface area contributed by atoms with Crippen LogP contribution in [-0.4, -0.2) is 24.8 Å². The molecule has 0 bridgehead atoms. The Morgan fingerprint density at radius 3 is 2.58 bits per heavy atom. The molecule has 0 aliphatic carbocycles. The summed E-state index contributed by atoms with van der Waals surface area (Å²) < 4.78 is 0. The standard InChI is InChI=1S/C7H12N2O3/c1-6(8-4-10)2-3-7(12)9-5-11/h4-6H,2-3H2,1H3,(H,8,10)(H,9,11,12). The summed E-state index contributed by atoms with van der Waals surface area (Å²) in [6.45, 7) is 1.78. The van der Waals surface area contributed by atoms with Gasteiger partial charge in [0.1, 0.15) is 0 Å². The summed E-state index contributed by atoms with van der Waals surface area (Å²) in [4.78, 5) is 30.4. The molecule has 5 heteroatoms. The number of hydrogen-bond acceptors (Lipinski definition) is 3. The normalized spacial score (nSPS) is 11.4. The average Bonchev–Trinajstić information content (AvgIpc) is 2.02. The summed E-state index contributed by atoms with van der Waals surface area (Å²) in [6, 6.07) is -0.0418. The first-order valence-electron chi connectivity index (χ1n) is 3.63. The summed E-state index contributed by atoms with van der Waals surface area (Å²) in [5.41, 5.74) is 0. The van der Waals surface area contributed by atoms with Crippen molar-refractivity contribution in [3.05, 3.63) is 0 Å². The molecule has 0 saturated heterocycles. The van der Waals surface area contributed by atoms with E-state index in [1.807, 2.05) is 5.32 Å². The molecule has 0 saturated carbocycles. The Hall–Kier alpha value is -1.39. The van der Waals surface area contributed by atoms with E-state index < -0.39 is 0 Å². The fourth-order valence-corrected chi connectivity index (χ4v) is 0.685. The van der Waals surface area contributed by atoms with Crippen molar-refractivity contribution in [2.24, 2.45) is 0 Å². The highest BCUT2D eigenvalue weighted by atomic mass is 16.2. The second-order valence-electron chi connectivity index (χ2n) is 2.41. The second kappa shape index (κ2) is 6.33. The van der Waals surface area contributed by atoms with E-state index in [9.17, 15) is 14.4 Å². The van der Waals surface area contributed by atoms with Crippen LogP contribution in [0.2, 0.25) is 0 Å². The van der Waals surface area contributed by atoms with E-state index in [1.54, 1.807) is 6.92 Å². The molecule has 0 spiro atoms. The van der Waals surface area contributed by atoms with Crippen molar-refractivity contribution in [1.29, 1.82) is 0 Å². The molecule has 0 aliphatic rings. The van der Waals surface area contributed by atoms with Crippen molar-refractivity contribution < 1.29 is 14.4 Å². The summed E-state index contributed by atoms with van der Waals surface area (Å²) in [5, 5.41) is 4.50. The zero-order valence-electron chi connectivity index (χ0n) is 6.87. The molecule has 0 rings (SSSR count). The Balaban J connectivity index is 3.45. The minimum Gasteiger partial charge on any atom is -0.356 e. The average molecular weight is 172 g/mol. The van der Waals surface area contributed by atoms with Crippen molar-refractivity contribution in [2.75, 3.05) is 0 Å². The van der Waals surface area contributed by atoms with E-state index in [1.165, 1.54) is 0 Å². The summed E-state index contributed by atoms with van der Waals surface area (Å²) in [7, 11) is 0. The van der Waals surface area contributed by atoms with Gasteiger partial charge in [-0.25, -0.2) is 0 Å². The molecule has 0 heterocycles. The van der Waals surface area contributed by atoms with Crippen LogP contribution in [0.5, 0.6) is 0 Å². The molecule has 0 aliphatic heterocycles. The summed E-state index contributed by atoms with van der Waals surface area (Å²) in [5.74, 6) is -0.329. The third kappa shape index (κ3) is 5.40. The third-order valence-electron chi connectivity index (χ3n) is 1.38. The Labute approximate surface area is 70.5 Å². The molecule has 0 aromatic heterocycles. The number of carbonyl (C=O) groups excluding carboxylic acids is 3. The smallest absolute Gasteiger partial charge is 0.226 e. The number of nitrogens with one attached hydrogen (secondary N) is 2. The van der Waals surface area contributed by atoms with Gasteiger partial charge in [-0.2, -0.15) is 0 Å². The first-order chi connectivity index (χ1) is 5.70. The summed E-state index contributed by atoms with van der Waals surface area (Å²) in [6.07, 6.45) is 1.70. The largest absolute Gasteiger partial charge is 0.356 e. The first-order valence-corrected chi connectivity index (χ1v) is 3.63. The van der Waals surface area contributed by atoms with E-state index in [-0.39, 0.29) is 18.4 Å². The van der Waals surface area contributed by atoms with Gasteiger partial charge in [0, 0.05) is 12.5 Å². The second-order valence-corrected chi connectivity index (χ2v) is 2.41. The molecular formula is C7H12N2O3. The lowest BCUT2D eigenvalue weighted by atomic mass is 10.2. The number of rotatable bonds is 6. The molecule has 0 radical (unpaired) electrons. The highest BCUT2D eigenvalue weighted by Gasteiger charge is 2.03. The molecule has 1 unspecified atom stereocenters. The zero-order chi connectivity index (χ0) is 9.40. The highest BCUT2D eigenvalue weighted by Crippen LogP contribution is 1.94. The minimum absolute atomic E-state index is 0.0418. The van der Waals surface area contributed by atoms with E-state index in [2.05, 4.69) is 5.32 Å². The zero-order valence-corrected chi connectivity index (χ0v) is 6.87. The Kier molecular flexibility index (Phi) is 5.60. The molecule has 5 nitrogen and oxygen atoms in total. The van der Waals surface area contributed by atoms with Gasteiger partial charge in [0.25, 0.3) is 0 Å². The van der Waals surface area contributed by atoms with Crippen molar-refractivity contribution >= 4 is 18.7 Å². The van der Waals surface area contributed by atoms with Crippen LogP contribution in [0.4, 0.5) is 0 Å². The van der Waals surface area contributed by atoms with Gasteiger partial charge >= 0.3 is 0 Å². The lowest BCUT2D eigenvalue weighted by Crippen LogP contribution is -2.28. The van der Waals surface area contributed by atoms with E-state index in [0.29, 0.717) is 19.2 Å². The van der Waals surface area contributed by atoms with Crippen molar-refractivity contribution in [3.63, 3.8) is 0 Å². The monoisotopic (exact) mass is 172 g/mol. The number of carbonyl (C=O) groups is 3. The fourth-order valence-electron chi connectivity index (χ4n) is 0.685. The minimum atomic E-state index is -0.329. The predicted molar refractivity (Wildman–Crippen MR) is 42.1 cm³/mol. The van der Waals surface area contributed by atoms with E-state index in [0.717, 1.165) is 0 Å². The van der Waals surface area contributed by atoms with Crippen LogP contribution in [0.1, 0.15) is 19.8 Å². The SMILES string of the molecule is CC(CCC(=O)NC=O)NC=O. The van der Waals surface area contributed by atoms with Crippen LogP contribution in [0.3, 0.4) is 0 Å². The van der Waals surface area contributed by atoms with E-state index >= 15 is 0 Å². The van der Waals surface area contributed by atoms with Crippen molar-refractivity contribution in [3.8, 4) is 0 Å². The fraction of sp³-hybridized carbons (Fsp3) is 0.571. The van der Waals surface area contributed by atoms with Gasteiger partial charge in [0.2, 0.25) is 18.7 Å². The van der Waals surface area contributed by atoms with Crippen LogP contribution in [0.15, 0.2) is 0 Å². The van der Waals surface area contributed by atoms with Crippen molar-refractivity contribution in [2.45, 2.75) is 25.8 Å². The highest BCUT2D eigenvalue weighted by molar-refractivity contribution is 5.85. The summed E-state index contributed by atoms with van der Waals surface area (Å²) >= 11 is 0. The maximum absolute atomic E-state index is 10.7. The molecule has 1 atom stereocenters. The van der Waals surface area contributed by atoms with Gasteiger partial charge in [-0.1, -0.05) is 0 Å². The van der Waals surface area contributed by atoms with Gasteiger partial charge in [-0.15, -0.1) is 0 Å². The molecule has 3 amide bonds. The Bertz CT molecular complexity index is 170. The van der Waals surface area contributed by atoms with Crippen LogP contribution >= 0.6 is 0 Å². The number of hydrogen-bond donors (Lipinski definition) is 2. The maximum atomic E-state index is 10.7. The van der Waals surface area contributed by atoms with Crippen LogP contribution in [0, 0.1) is 0 Å². The number of amides is 3. The van der Waals surface area contributed by atoms with Gasteiger partial charge in [0.15, 0.2) is 0 Å². The van der Waals surface area contributed by atoms with Crippen LogP contribution < -0.4 is 10.6 Å². The lowest BCUT2D eigenvalue weighted by Gasteiger charge is -2.07. The van der Waals surface area contributed by atoms with Gasteiger partial charge in [0.05, 0.1) is 0 Å². The molecule has 2 N–H and O–H groups in total. The van der Waals surface area contributed by atoms with E-state index in [4.69, 9.17) is 0 Å².